The number of rotatable bonds is 2. The number of carbonyl (C=O) groups excluding carboxylic acids is 2. The molecule has 74 valence electrons. The number of halogens is 1. The summed E-state index contributed by atoms with van der Waals surface area (Å²) in [5.41, 5.74) is 0.967. The smallest absolute Gasteiger partial charge is 0.150 e. The van der Waals surface area contributed by atoms with Gasteiger partial charge >= 0.3 is 0 Å². The SMILES string of the molecule is O=Cc1cccc2c(Cl)ccc(C=O)c12. The Balaban J connectivity index is 3.00. The van der Waals surface area contributed by atoms with Crippen molar-refractivity contribution >= 4 is 34.9 Å². The van der Waals surface area contributed by atoms with Crippen LogP contribution in [0.3, 0.4) is 0 Å². The summed E-state index contributed by atoms with van der Waals surface area (Å²) in [6, 6.07) is 8.47. The van der Waals surface area contributed by atoms with Crippen molar-refractivity contribution < 1.29 is 9.59 Å². The van der Waals surface area contributed by atoms with E-state index in [0.29, 0.717) is 21.5 Å². The van der Waals surface area contributed by atoms with Crippen LogP contribution >= 0.6 is 11.6 Å². The van der Waals surface area contributed by atoms with Crippen molar-refractivity contribution in [1.82, 2.24) is 0 Å². The highest BCUT2D eigenvalue weighted by atomic mass is 35.5. The molecule has 2 nitrogen and oxygen atoms in total. The molecule has 0 bridgehead atoms. The van der Waals surface area contributed by atoms with E-state index in [0.717, 1.165) is 18.0 Å². The van der Waals surface area contributed by atoms with Gasteiger partial charge in [-0.15, -0.1) is 0 Å². The fraction of sp³-hybridized carbons (Fsp3) is 0. The molecule has 2 aromatic carbocycles. The molecule has 0 fully saturated rings. The van der Waals surface area contributed by atoms with Gasteiger partial charge in [-0.25, -0.2) is 0 Å². The Morgan fingerprint density at radius 1 is 0.933 bits per heavy atom. The van der Waals surface area contributed by atoms with Gasteiger partial charge in [0, 0.05) is 26.9 Å². The molecule has 0 saturated heterocycles. The summed E-state index contributed by atoms with van der Waals surface area (Å²) < 4.78 is 0. The van der Waals surface area contributed by atoms with Crippen LogP contribution in [0.1, 0.15) is 20.7 Å². The third-order valence-corrected chi connectivity index (χ3v) is 2.64. The van der Waals surface area contributed by atoms with Crippen LogP contribution in [0.5, 0.6) is 0 Å². The van der Waals surface area contributed by atoms with E-state index >= 15 is 0 Å². The average Bonchev–Trinajstić information content (AvgIpc) is 2.29. The summed E-state index contributed by atoms with van der Waals surface area (Å²) in [5.74, 6) is 0. The summed E-state index contributed by atoms with van der Waals surface area (Å²) in [6.45, 7) is 0. The van der Waals surface area contributed by atoms with Crippen LogP contribution in [0, 0.1) is 0 Å². The molecule has 0 aliphatic rings. The van der Waals surface area contributed by atoms with Crippen LogP contribution in [0.15, 0.2) is 30.3 Å². The van der Waals surface area contributed by atoms with E-state index in [1.165, 1.54) is 0 Å². The highest BCUT2D eigenvalue weighted by Crippen LogP contribution is 2.27. The van der Waals surface area contributed by atoms with E-state index in [1.54, 1.807) is 30.3 Å². The molecule has 2 rings (SSSR count). The minimum absolute atomic E-state index is 0.483. The van der Waals surface area contributed by atoms with E-state index in [4.69, 9.17) is 11.6 Å². The fourth-order valence-corrected chi connectivity index (χ4v) is 1.84. The first-order valence-electron chi connectivity index (χ1n) is 4.39. The topological polar surface area (TPSA) is 34.1 Å². The Hall–Kier alpha value is -1.67. The minimum atomic E-state index is 0.483. The molecule has 0 aliphatic carbocycles. The minimum Gasteiger partial charge on any atom is -0.298 e. The molecule has 0 radical (unpaired) electrons. The molecule has 0 aliphatic heterocycles. The fourth-order valence-electron chi connectivity index (χ4n) is 1.62. The van der Waals surface area contributed by atoms with Crippen molar-refractivity contribution in [3.05, 3.63) is 46.5 Å². The molecular formula is C12H7ClO2. The second-order valence-electron chi connectivity index (χ2n) is 3.14. The maximum Gasteiger partial charge on any atom is 0.150 e. The first-order valence-corrected chi connectivity index (χ1v) is 4.77. The van der Waals surface area contributed by atoms with Crippen molar-refractivity contribution in [2.75, 3.05) is 0 Å². The summed E-state index contributed by atoms with van der Waals surface area (Å²) in [7, 11) is 0. The van der Waals surface area contributed by atoms with Crippen molar-refractivity contribution in [2.24, 2.45) is 0 Å². The maximum absolute atomic E-state index is 10.8. The maximum atomic E-state index is 10.8. The van der Waals surface area contributed by atoms with Crippen molar-refractivity contribution in [2.45, 2.75) is 0 Å². The third kappa shape index (κ3) is 1.53. The molecule has 0 heterocycles. The number of fused-ring (bicyclic) bond motifs is 1. The first-order chi connectivity index (χ1) is 7.27. The van der Waals surface area contributed by atoms with E-state index in [1.807, 2.05) is 0 Å². The standard InChI is InChI=1S/C12H7ClO2/c13-11-5-4-9(7-15)12-8(6-14)2-1-3-10(11)12/h1-7H. The van der Waals surface area contributed by atoms with Gasteiger partial charge in [-0.05, 0) is 12.1 Å². The van der Waals surface area contributed by atoms with Gasteiger partial charge in [0.1, 0.15) is 0 Å². The predicted molar refractivity (Wildman–Crippen MR) is 59.7 cm³/mol. The van der Waals surface area contributed by atoms with E-state index in [2.05, 4.69) is 0 Å². The monoisotopic (exact) mass is 218 g/mol. The number of carbonyl (C=O) groups is 2. The van der Waals surface area contributed by atoms with E-state index in [-0.39, 0.29) is 0 Å². The molecule has 2 aromatic rings. The number of hydrogen-bond donors (Lipinski definition) is 0. The van der Waals surface area contributed by atoms with Gasteiger partial charge in [-0.1, -0.05) is 29.8 Å². The van der Waals surface area contributed by atoms with Crippen molar-refractivity contribution in [1.29, 1.82) is 0 Å². The normalized spacial score (nSPS) is 10.2. The van der Waals surface area contributed by atoms with Gasteiger partial charge in [0.05, 0.1) is 0 Å². The van der Waals surface area contributed by atoms with E-state index in [9.17, 15) is 9.59 Å². The van der Waals surface area contributed by atoms with Gasteiger partial charge in [0.25, 0.3) is 0 Å². The lowest BCUT2D eigenvalue weighted by molar-refractivity contribution is 0.112. The Bertz CT molecular complexity index is 532. The first kappa shape index (κ1) is 9.87. The molecule has 0 aromatic heterocycles. The number of hydrogen-bond acceptors (Lipinski definition) is 2. The van der Waals surface area contributed by atoms with Gasteiger partial charge in [-0.2, -0.15) is 0 Å². The van der Waals surface area contributed by atoms with Crippen LogP contribution < -0.4 is 0 Å². The van der Waals surface area contributed by atoms with Gasteiger partial charge in [-0.3, -0.25) is 9.59 Å². The summed E-state index contributed by atoms with van der Waals surface area (Å²) in [4.78, 5) is 21.7. The van der Waals surface area contributed by atoms with Gasteiger partial charge in [0.2, 0.25) is 0 Å². The zero-order chi connectivity index (χ0) is 10.8. The molecule has 0 spiro atoms. The predicted octanol–water partition coefficient (Wildman–Crippen LogP) is 3.12. The highest BCUT2D eigenvalue weighted by molar-refractivity contribution is 6.36. The Labute approximate surface area is 91.5 Å². The highest BCUT2D eigenvalue weighted by Gasteiger charge is 2.07. The van der Waals surface area contributed by atoms with Crippen LogP contribution in [0.2, 0.25) is 5.02 Å². The second-order valence-corrected chi connectivity index (χ2v) is 3.55. The van der Waals surface area contributed by atoms with Gasteiger partial charge < -0.3 is 0 Å². The molecule has 15 heavy (non-hydrogen) atoms. The molecule has 0 amide bonds. The van der Waals surface area contributed by atoms with Gasteiger partial charge in [0.15, 0.2) is 12.6 Å². The third-order valence-electron chi connectivity index (χ3n) is 2.31. The van der Waals surface area contributed by atoms with Crippen molar-refractivity contribution in [3.8, 4) is 0 Å². The lowest BCUT2D eigenvalue weighted by Crippen LogP contribution is -1.90. The largest absolute Gasteiger partial charge is 0.298 e. The summed E-state index contributed by atoms with van der Waals surface area (Å²) in [6.07, 6.45) is 1.46. The lowest BCUT2D eigenvalue weighted by atomic mass is 10.0. The zero-order valence-electron chi connectivity index (χ0n) is 7.74. The molecular weight excluding hydrogens is 212 g/mol. The van der Waals surface area contributed by atoms with Crippen LogP contribution in [0.25, 0.3) is 10.8 Å². The molecule has 0 unspecified atom stereocenters. The van der Waals surface area contributed by atoms with E-state index < -0.39 is 0 Å². The molecule has 0 N–H and O–H groups in total. The average molecular weight is 219 g/mol. The van der Waals surface area contributed by atoms with Crippen LogP contribution in [0.4, 0.5) is 0 Å². The molecule has 0 atom stereocenters. The quantitative estimate of drug-likeness (QED) is 0.726. The molecule has 0 saturated carbocycles. The zero-order valence-corrected chi connectivity index (χ0v) is 8.49. The number of benzene rings is 2. The second kappa shape index (κ2) is 3.83. The lowest BCUT2D eigenvalue weighted by Gasteiger charge is -2.05. The van der Waals surface area contributed by atoms with Crippen LogP contribution in [-0.4, -0.2) is 12.6 Å². The summed E-state index contributed by atoms with van der Waals surface area (Å²) >= 11 is 5.98. The van der Waals surface area contributed by atoms with Crippen LogP contribution in [-0.2, 0) is 0 Å². The Kier molecular flexibility index (Phi) is 2.52. The Morgan fingerprint density at radius 2 is 1.60 bits per heavy atom. The summed E-state index contributed by atoms with van der Waals surface area (Å²) in [5, 5.41) is 1.89. The Morgan fingerprint density at radius 3 is 2.27 bits per heavy atom. The number of aldehydes is 2. The van der Waals surface area contributed by atoms with Crippen molar-refractivity contribution in [3.63, 3.8) is 0 Å². The molecule has 3 heteroatoms.